The molecule has 0 aromatic heterocycles. The minimum absolute atomic E-state index is 0.0258. The average Bonchev–Trinajstić information content (AvgIpc) is 2.86. The van der Waals surface area contributed by atoms with Gasteiger partial charge < -0.3 is 60.6 Å². The molecule has 0 bridgehead atoms. The molecule has 9 atom stereocenters. The van der Waals surface area contributed by atoms with E-state index in [1.54, 1.807) is 0 Å². The van der Waals surface area contributed by atoms with Gasteiger partial charge >= 0.3 is 0 Å². The van der Waals surface area contributed by atoms with Gasteiger partial charge in [-0.2, -0.15) is 0 Å². The van der Waals surface area contributed by atoms with Crippen LogP contribution in [0.5, 0.6) is 0 Å². The number of aliphatic hydroxyl groups excluding tert-OH is 10. The van der Waals surface area contributed by atoms with Crippen LogP contribution in [-0.4, -0.2) is 126 Å². The number of aliphatic hydroxyl groups is 10. The highest BCUT2D eigenvalue weighted by Crippen LogP contribution is 2.21. The summed E-state index contributed by atoms with van der Waals surface area (Å²) in [4.78, 5) is 9.90. The van der Waals surface area contributed by atoms with Crippen LogP contribution in [-0.2, 0) is 9.53 Å². The van der Waals surface area contributed by atoms with E-state index in [1.807, 2.05) is 0 Å². The van der Waals surface area contributed by atoms with E-state index in [-0.39, 0.29) is 6.29 Å². The number of hydrogen-bond donors (Lipinski definition) is 10. The summed E-state index contributed by atoms with van der Waals surface area (Å²) in [5.74, 6) is 0. The molecule has 0 aliphatic carbocycles. The van der Waals surface area contributed by atoms with Gasteiger partial charge in [-0.25, -0.2) is 0 Å². The second-order valence-electron chi connectivity index (χ2n) is 5.08. The monoisotopic (exact) mass is 360 g/mol. The normalized spacial score (nSPS) is 32.9. The van der Waals surface area contributed by atoms with Crippen LogP contribution in [0.3, 0.4) is 0 Å². The number of ether oxygens (including phenoxy) is 1. The van der Waals surface area contributed by atoms with Gasteiger partial charge in [0.15, 0.2) is 12.6 Å². The number of carbonyl (C=O) groups is 1. The summed E-state index contributed by atoms with van der Waals surface area (Å²) in [7, 11) is 0. The zero-order valence-corrected chi connectivity index (χ0v) is 12.5. The summed E-state index contributed by atoms with van der Waals surface area (Å²) >= 11 is 0. The van der Waals surface area contributed by atoms with E-state index in [0.717, 1.165) is 0 Å². The van der Waals surface area contributed by atoms with Gasteiger partial charge in [0, 0.05) is 0 Å². The topological polar surface area (TPSA) is 229 Å². The highest BCUT2D eigenvalue weighted by molar-refractivity contribution is 5.56. The van der Waals surface area contributed by atoms with Crippen LogP contribution in [0, 0.1) is 0 Å². The van der Waals surface area contributed by atoms with Crippen molar-refractivity contribution in [1.82, 2.24) is 0 Å². The maximum absolute atomic E-state index is 9.90. The highest BCUT2D eigenvalue weighted by atomic mass is 16.6. The highest BCUT2D eigenvalue weighted by Gasteiger charge is 2.44. The van der Waals surface area contributed by atoms with Crippen LogP contribution in [0.15, 0.2) is 0 Å². The van der Waals surface area contributed by atoms with Gasteiger partial charge in [0.2, 0.25) is 0 Å². The standard InChI is InChI=1S/2C6H12O6/c7-1-2(8)5-3(9)4(10)6(11)12-5;7-1-3(9)5(11)6(12)4(10)2-8/h2-11H,1H2;1,3-6,8-12H,2H2/t2-,3+,4-,5+,6-;/m0./s1. The molecule has 4 unspecified atom stereocenters. The van der Waals surface area contributed by atoms with Crippen LogP contribution in [0.1, 0.15) is 0 Å². The SMILES string of the molecule is O=CC(O)C(O)C(O)C(O)CO.OC[C@H](O)[C@H]1O[C@H](O)[C@@H](O)[C@H]1O. The molecule has 12 heteroatoms. The lowest BCUT2D eigenvalue weighted by molar-refractivity contribution is -0.150. The van der Waals surface area contributed by atoms with E-state index in [4.69, 9.17) is 51.1 Å². The van der Waals surface area contributed by atoms with Crippen LogP contribution in [0.2, 0.25) is 0 Å². The number of hydrogen-bond acceptors (Lipinski definition) is 12. The Hall–Kier alpha value is -0.770. The van der Waals surface area contributed by atoms with Crippen molar-refractivity contribution in [2.45, 2.75) is 55.1 Å². The summed E-state index contributed by atoms with van der Waals surface area (Å²) in [6.07, 6.45) is -13.6. The molecule has 10 N–H and O–H groups in total. The first-order valence-electron chi connectivity index (χ1n) is 6.89. The van der Waals surface area contributed by atoms with E-state index in [0.29, 0.717) is 0 Å². The van der Waals surface area contributed by atoms with E-state index >= 15 is 0 Å². The number of carbonyl (C=O) groups excluding carboxylic acids is 1. The van der Waals surface area contributed by atoms with Crippen molar-refractivity contribution >= 4 is 6.29 Å². The van der Waals surface area contributed by atoms with Crippen LogP contribution >= 0.6 is 0 Å². The lowest BCUT2D eigenvalue weighted by Gasteiger charge is -2.22. The van der Waals surface area contributed by atoms with Crippen molar-refractivity contribution in [3.05, 3.63) is 0 Å². The maximum atomic E-state index is 9.90. The second kappa shape index (κ2) is 11.0. The summed E-state index contributed by atoms with van der Waals surface area (Å²) in [6, 6.07) is 0. The van der Waals surface area contributed by atoms with Crippen LogP contribution < -0.4 is 0 Å². The van der Waals surface area contributed by atoms with Crippen LogP contribution in [0.4, 0.5) is 0 Å². The zero-order chi connectivity index (χ0) is 19.0. The quantitative estimate of drug-likeness (QED) is 0.191. The molecule has 1 fully saturated rings. The first-order chi connectivity index (χ1) is 11.1. The summed E-state index contributed by atoms with van der Waals surface area (Å²) in [5.41, 5.74) is 0. The number of rotatable bonds is 7. The van der Waals surface area contributed by atoms with Gasteiger partial charge in [-0.3, -0.25) is 0 Å². The Labute approximate surface area is 136 Å². The minimum Gasteiger partial charge on any atom is -0.394 e. The average molecular weight is 360 g/mol. The third-order valence-electron chi connectivity index (χ3n) is 3.26. The molecule has 144 valence electrons. The lowest BCUT2D eigenvalue weighted by atomic mass is 10.0. The molecular formula is C12H24O12. The molecule has 1 saturated heterocycles. The number of aldehydes is 1. The Morgan fingerprint density at radius 1 is 0.875 bits per heavy atom. The van der Waals surface area contributed by atoms with Gasteiger partial charge in [-0.1, -0.05) is 0 Å². The van der Waals surface area contributed by atoms with Gasteiger partial charge in [0.1, 0.15) is 48.8 Å². The molecule has 24 heavy (non-hydrogen) atoms. The van der Waals surface area contributed by atoms with E-state index in [2.05, 4.69) is 4.74 Å². The van der Waals surface area contributed by atoms with Gasteiger partial charge in [-0.05, 0) is 0 Å². The smallest absolute Gasteiger partial charge is 0.184 e. The van der Waals surface area contributed by atoms with Crippen molar-refractivity contribution in [2.75, 3.05) is 13.2 Å². The van der Waals surface area contributed by atoms with Crippen molar-refractivity contribution < 1.29 is 60.6 Å². The molecule has 1 aliphatic rings. The molecule has 12 nitrogen and oxygen atoms in total. The Kier molecular flexibility index (Phi) is 10.6. The Morgan fingerprint density at radius 2 is 1.42 bits per heavy atom. The fourth-order valence-corrected chi connectivity index (χ4v) is 1.73. The maximum Gasteiger partial charge on any atom is 0.184 e. The predicted octanol–water partition coefficient (Wildman–Crippen LogP) is -6.60. The molecule has 0 aromatic carbocycles. The van der Waals surface area contributed by atoms with Crippen molar-refractivity contribution in [1.29, 1.82) is 0 Å². The molecule has 1 rings (SSSR count). The van der Waals surface area contributed by atoms with Gasteiger partial charge in [-0.15, -0.1) is 0 Å². The molecule has 1 heterocycles. The van der Waals surface area contributed by atoms with Crippen molar-refractivity contribution in [3.63, 3.8) is 0 Å². The second-order valence-corrected chi connectivity index (χ2v) is 5.08. The molecule has 0 amide bonds. The van der Waals surface area contributed by atoms with E-state index in [9.17, 15) is 4.79 Å². The van der Waals surface area contributed by atoms with Gasteiger partial charge in [0.25, 0.3) is 0 Å². The molecule has 0 spiro atoms. The Morgan fingerprint density at radius 3 is 1.75 bits per heavy atom. The first kappa shape index (κ1) is 23.2. The van der Waals surface area contributed by atoms with Gasteiger partial charge in [0.05, 0.1) is 13.2 Å². The Bertz CT molecular complexity index is 355. The zero-order valence-electron chi connectivity index (χ0n) is 12.5. The van der Waals surface area contributed by atoms with Crippen molar-refractivity contribution in [2.24, 2.45) is 0 Å². The third kappa shape index (κ3) is 6.27. The summed E-state index contributed by atoms with van der Waals surface area (Å²) in [5, 5.41) is 88.0. The molecule has 1 aliphatic heterocycles. The van der Waals surface area contributed by atoms with E-state index in [1.165, 1.54) is 0 Å². The van der Waals surface area contributed by atoms with E-state index < -0.39 is 68.3 Å². The summed E-state index contributed by atoms with van der Waals surface area (Å²) < 4.78 is 4.58. The largest absolute Gasteiger partial charge is 0.394 e. The lowest BCUT2D eigenvalue weighted by Crippen LogP contribution is -2.46. The fourth-order valence-electron chi connectivity index (χ4n) is 1.73. The molecule has 0 aromatic rings. The fraction of sp³-hybridized carbons (Fsp3) is 0.917. The van der Waals surface area contributed by atoms with Crippen LogP contribution in [0.25, 0.3) is 0 Å². The molecular weight excluding hydrogens is 336 g/mol. The van der Waals surface area contributed by atoms with Crippen molar-refractivity contribution in [3.8, 4) is 0 Å². The molecule has 0 saturated carbocycles. The minimum atomic E-state index is -1.79. The predicted molar refractivity (Wildman–Crippen MR) is 73.2 cm³/mol. The summed E-state index contributed by atoms with van der Waals surface area (Å²) in [6.45, 7) is -1.36. The third-order valence-corrected chi connectivity index (χ3v) is 3.26. The first-order valence-corrected chi connectivity index (χ1v) is 6.89. The molecule has 0 radical (unpaired) electrons. The Balaban J connectivity index is 0.000000441.